The maximum absolute atomic E-state index is 11.9. The molecule has 2 N–H and O–H groups in total. The molecule has 4 nitrogen and oxygen atoms in total. The Morgan fingerprint density at radius 2 is 1.80 bits per heavy atom. The molecule has 0 unspecified atom stereocenters. The van der Waals surface area contributed by atoms with E-state index in [0.717, 1.165) is 12.8 Å². The first-order valence-electron chi connectivity index (χ1n) is 5.76. The SMILES string of the molecule is NC1(C2CC2)CN(S(=O)(=O)CC2CC2)C1. The van der Waals surface area contributed by atoms with E-state index in [4.69, 9.17) is 5.73 Å². The molecule has 15 heavy (non-hydrogen) atoms. The zero-order valence-electron chi connectivity index (χ0n) is 8.85. The van der Waals surface area contributed by atoms with Gasteiger partial charge >= 0.3 is 0 Å². The molecule has 2 aliphatic carbocycles. The smallest absolute Gasteiger partial charge is 0.214 e. The summed E-state index contributed by atoms with van der Waals surface area (Å²) in [4.78, 5) is 0. The summed E-state index contributed by atoms with van der Waals surface area (Å²) in [6.07, 6.45) is 4.55. The second-order valence-electron chi connectivity index (χ2n) is 5.50. The molecule has 0 bridgehead atoms. The Balaban J connectivity index is 1.60. The highest BCUT2D eigenvalue weighted by Crippen LogP contribution is 2.44. The molecule has 3 fully saturated rings. The lowest BCUT2D eigenvalue weighted by Gasteiger charge is -2.47. The zero-order valence-corrected chi connectivity index (χ0v) is 9.67. The van der Waals surface area contributed by atoms with E-state index in [-0.39, 0.29) is 5.54 Å². The minimum atomic E-state index is -2.98. The summed E-state index contributed by atoms with van der Waals surface area (Å²) in [6, 6.07) is 0. The summed E-state index contributed by atoms with van der Waals surface area (Å²) in [6.45, 7) is 1.12. The third-order valence-corrected chi connectivity index (χ3v) is 5.81. The molecule has 0 radical (unpaired) electrons. The molecule has 0 atom stereocenters. The normalized spacial score (nSPS) is 31.3. The van der Waals surface area contributed by atoms with Crippen LogP contribution in [0.5, 0.6) is 0 Å². The maximum Gasteiger partial charge on any atom is 0.214 e. The van der Waals surface area contributed by atoms with E-state index >= 15 is 0 Å². The van der Waals surface area contributed by atoms with E-state index in [1.54, 1.807) is 4.31 Å². The fourth-order valence-electron chi connectivity index (χ4n) is 2.41. The maximum atomic E-state index is 11.9. The topological polar surface area (TPSA) is 63.4 Å². The third kappa shape index (κ3) is 1.81. The van der Waals surface area contributed by atoms with Crippen LogP contribution in [0.1, 0.15) is 25.7 Å². The van der Waals surface area contributed by atoms with Crippen molar-refractivity contribution >= 4 is 10.0 Å². The van der Waals surface area contributed by atoms with Crippen LogP contribution in [0.3, 0.4) is 0 Å². The van der Waals surface area contributed by atoms with Gasteiger partial charge < -0.3 is 5.73 Å². The average Bonchev–Trinajstić information content (AvgIpc) is 2.89. The van der Waals surface area contributed by atoms with Crippen LogP contribution in [0.4, 0.5) is 0 Å². The molecular weight excluding hydrogens is 212 g/mol. The van der Waals surface area contributed by atoms with Crippen LogP contribution in [0, 0.1) is 11.8 Å². The molecule has 1 heterocycles. The summed E-state index contributed by atoms with van der Waals surface area (Å²) in [5, 5.41) is 0. The number of rotatable bonds is 4. The summed E-state index contributed by atoms with van der Waals surface area (Å²) in [5.41, 5.74) is 5.95. The van der Waals surface area contributed by atoms with Crippen molar-refractivity contribution in [3.63, 3.8) is 0 Å². The molecule has 86 valence electrons. The van der Waals surface area contributed by atoms with E-state index in [0.29, 0.717) is 30.7 Å². The van der Waals surface area contributed by atoms with Crippen molar-refractivity contribution in [2.45, 2.75) is 31.2 Å². The summed E-state index contributed by atoms with van der Waals surface area (Å²) < 4.78 is 25.3. The second kappa shape index (κ2) is 2.96. The van der Waals surface area contributed by atoms with Crippen molar-refractivity contribution < 1.29 is 8.42 Å². The van der Waals surface area contributed by atoms with Crippen molar-refractivity contribution in [1.82, 2.24) is 4.31 Å². The van der Waals surface area contributed by atoms with Gasteiger partial charge in [0.1, 0.15) is 0 Å². The van der Waals surface area contributed by atoms with Crippen molar-refractivity contribution in [1.29, 1.82) is 0 Å². The van der Waals surface area contributed by atoms with Gasteiger partial charge in [-0.1, -0.05) is 0 Å². The van der Waals surface area contributed by atoms with Crippen molar-refractivity contribution in [2.75, 3.05) is 18.8 Å². The van der Waals surface area contributed by atoms with E-state index < -0.39 is 10.0 Å². The van der Waals surface area contributed by atoms with E-state index in [1.807, 2.05) is 0 Å². The predicted molar refractivity (Wildman–Crippen MR) is 57.7 cm³/mol. The number of hydrogen-bond donors (Lipinski definition) is 1. The van der Waals surface area contributed by atoms with Crippen LogP contribution in [0.25, 0.3) is 0 Å². The van der Waals surface area contributed by atoms with Crippen LogP contribution in [0.2, 0.25) is 0 Å². The van der Waals surface area contributed by atoms with Gasteiger partial charge in [-0.2, -0.15) is 4.31 Å². The Morgan fingerprint density at radius 1 is 1.20 bits per heavy atom. The van der Waals surface area contributed by atoms with Crippen molar-refractivity contribution in [3.05, 3.63) is 0 Å². The number of sulfonamides is 1. The lowest BCUT2D eigenvalue weighted by atomic mass is 9.88. The van der Waals surface area contributed by atoms with Crippen LogP contribution in [-0.4, -0.2) is 37.1 Å². The van der Waals surface area contributed by atoms with Gasteiger partial charge in [-0.25, -0.2) is 8.42 Å². The predicted octanol–water partition coefficient (Wildman–Crippen LogP) is 0.149. The lowest BCUT2D eigenvalue weighted by molar-refractivity contribution is 0.135. The van der Waals surface area contributed by atoms with Gasteiger partial charge in [-0.15, -0.1) is 0 Å². The molecule has 3 rings (SSSR count). The average molecular weight is 230 g/mol. The first-order chi connectivity index (χ1) is 7.00. The Bertz CT molecular complexity index is 365. The Labute approximate surface area is 90.9 Å². The van der Waals surface area contributed by atoms with Gasteiger partial charge in [-0.3, -0.25) is 0 Å². The first kappa shape index (κ1) is 10.1. The highest BCUT2D eigenvalue weighted by Gasteiger charge is 2.53. The molecule has 0 aromatic rings. The molecule has 3 aliphatic rings. The third-order valence-electron chi connectivity index (χ3n) is 3.87. The molecule has 0 spiro atoms. The zero-order chi connectivity index (χ0) is 10.7. The van der Waals surface area contributed by atoms with Crippen LogP contribution < -0.4 is 5.73 Å². The van der Waals surface area contributed by atoms with Gasteiger partial charge in [0.2, 0.25) is 10.0 Å². The van der Waals surface area contributed by atoms with Crippen LogP contribution in [0.15, 0.2) is 0 Å². The number of nitrogens with two attached hydrogens (primary N) is 1. The first-order valence-corrected chi connectivity index (χ1v) is 7.37. The van der Waals surface area contributed by atoms with Crippen molar-refractivity contribution in [2.24, 2.45) is 17.6 Å². The highest BCUT2D eigenvalue weighted by atomic mass is 32.2. The molecule has 1 aliphatic heterocycles. The Hall–Kier alpha value is -0.130. The molecule has 0 aromatic heterocycles. The van der Waals surface area contributed by atoms with E-state index in [1.165, 1.54) is 12.8 Å². The minimum absolute atomic E-state index is 0.184. The molecule has 2 saturated carbocycles. The quantitative estimate of drug-likeness (QED) is 0.747. The van der Waals surface area contributed by atoms with Crippen LogP contribution >= 0.6 is 0 Å². The van der Waals surface area contributed by atoms with Gasteiger partial charge in [0.25, 0.3) is 0 Å². The van der Waals surface area contributed by atoms with E-state index in [2.05, 4.69) is 0 Å². The molecule has 0 aromatic carbocycles. The molecule has 1 saturated heterocycles. The minimum Gasteiger partial charge on any atom is -0.323 e. The summed E-state index contributed by atoms with van der Waals surface area (Å²) in [5.74, 6) is 1.38. The highest BCUT2D eigenvalue weighted by molar-refractivity contribution is 7.89. The number of hydrogen-bond acceptors (Lipinski definition) is 3. The van der Waals surface area contributed by atoms with E-state index in [9.17, 15) is 8.42 Å². The van der Waals surface area contributed by atoms with Crippen molar-refractivity contribution in [3.8, 4) is 0 Å². The second-order valence-corrected chi connectivity index (χ2v) is 7.51. The van der Waals surface area contributed by atoms with Gasteiger partial charge in [0.05, 0.1) is 5.75 Å². The standard InChI is InChI=1S/C10H18N2O2S/c11-10(9-3-4-9)6-12(7-10)15(13,14)5-8-1-2-8/h8-9H,1-7,11H2. The Morgan fingerprint density at radius 3 is 2.27 bits per heavy atom. The van der Waals surface area contributed by atoms with Gasteiger partial charge in [-0.05, 0) is 37.5 Å². The van der Waals surface area contributed by atoms with Gasteiger partial charge in [0, 0.05) is 18.6 Å². The lowest BCUT2D eigenvalue weighted by Crippen LogP contribution is -2.70. The fourth-order valence-corrected chi connectivity index (χ4v) is 4.43. The molecule has 5 heteroatoms. The fraction of sp³-hybridized carbons (Fsp3) is 1.00. The summed E-state index contributed by atoms with van der Waals surface area (Å²) >= 11 is 0. The van der Waals surface area contributed by atoms with Gasteiger partial charge in [0.15, 0.2) is 0 Å². The Kier molecular flexibility index (Phi) is 1.98. The molecular formula is C10H18N2O2S. The van der Waals surface area contributed by atoms with Crippen LogP contribution in [-0.2, 0) is 10.0 Å². The summed E-state index contributed by atoms with van der Waals surface area (Å²) in [7, 11) is -2.98. The number of nitrogens with zero attached hydrogens (tertiary/aromatic N) is 1. The monoisotopic (exact) mass is 230 g/mol. The largest absolute Gasteiger partial charge is 0.323 e. The molecule has 0 amide bonds.